The maximum Gasteiger partial charge on any atom is 0.270 e. The van der Waals surface area contributed by atoms with Crippen LogP contribution in [-0.4, -0.2) is 17.5 Å². The van der Waals surface area contributed by atoms with Gasteiger partial charge in [-0.05, 0) is 25.3 Å². The van der Waals surface area contributed by atoms with E-state index in [1.165, 1.54) is 12.1 Å². The Morgan fingerprint density at radius 1 is 1.56 bits per heavy atom. The SMILES string of the molecule is CCCN(c1ccc([N+](=O)[O-])cc1C#N)C1CC1. The largest absolute Gasteiger partial charge is 0.367 e. The lowest BCUT2D eigenvalue weighted by molar-refractivity contribution is -0.384. The summed E-state index contributed by atoms with van der Waals surface area (Å²) in [4.78, 5) is 12.4. The molecule has 1 aliphatic rings. The van der Waals surface area contributed by atoms with Crippen molar-refractivity contribution in [1.29, 1.82) is 5.26 Å². The van der Waals surface area contributed by atoms with Gasteiger partial charge in [0, 0.05) is 24.7 Å². The minimum absolute atomic E-state index is 0.0254. The number of nitriles is 1. The standard InChI is InChI=1S/C13H15N3O2/c1-2-7-15(11-3-4-11)13-6-5-12(16(17)18)8-10(13)9-14/h5-6,8,11H,2-4,7H2,1H3. The van der Waals surface area contributed by atoms with Crippen LogP contribution in [0, 0.1) is 21.4 Å². The second-order valence-electron chi connectivity index (χ2n) is 4.49. The maximum atomic E-state index is 10.7. The second kappa shape index (κ2) is 5.05. The Labute approximate surface area is 106 Å². The molecule has 0 saturated heterocycles. The molecular weight excluding hydrogens is 230 g/mol. The zero-order chi connectivity index (χ0) is 13.1. The number of anilines is 1. The third-order valence-electron chi connectivity index (χ3n) is 3.07. The zero-order valence-electron chi connectivity index (χ0n) is 10.3. The van der Waals surface area contributed by atoms with Crippen LogP contribution in [0.3, 0.4) is 0 Å². The van der Waals surface area contributed by atoms with Crippen LogP contribution >= 0.6 is 0 Å². The van der Waals surface area contributed by atoms with Crippen LogP contribution in [0.1, 0.15) is 31.7 Å². The summed E-state index contributed by atoms with van der Waals surface area (Å²) in [6.07, 6.45) is 3.28. The van der Waals surface area contributed by atoms with Crippen LogP contribution in [-0.2, 0) is 0 Å². The van der Waals surface area contributed by atoms with Crippen molar-refractivity contribution in [1.82, 2.24) is 0 Å². The van der Waals surface area contributed by atoms with E-state index in [0.29, 0.717) is 11.6 Å². The van der Waals surface area contributed by atoms with Crippen LogP contribution in [0.15, 0.2) is 18.2 Å². The summed E-state index contributed by atoms with van der Waals surface area (Å²) in [5.74, 6) is 0. The van der Waals surface area contributed by atoms with E-state index >= 15 is 0 Å². The van der Waals surface area contributed by atoms with Crippen molar-refractivity contribution in [2.45, 2.75) is 32.2 Å². The highest BCUT2D eigenvalue weighted by molar-refractivity contribution is 5.64. The van der Waals surface area contributed by atoms with Gasteiger partial charge in [0.1, 0.15) is 6.07 Å². The fraction of sp³-hybridized carbons (Fsp3) is 0.462. The molecule has 5 nitrogen and oxygen atoms in total. The molecule has 0 heterocycles. The van der Waals surface area contributed by atoms with Gasteiger partial charge in [-0.1, -0.05) is 6.92 Å². The summed E-state index contributed by atoms with van der Waals surface area (Å²) >= 11 is 0. The van der Waals surface area contributed by atoms with Crippen LogP contribution in [0.5, 0.6) is 0 Å². The molecule has 1 aromatic rings. The first-order chi connectivity index (χ1) is 8.67. The smallest absolute Gasteiger partial charge is 0.270 e. The fourth-order valence-electron chi connectivity index (χ4n) is 2.10. The molecule has 2 rings (SSSR count). The topological polar surface area (TPSA) is 70.2 Å². The van der Waals surface area contributed by atoms with E-state index in [4.69, 9.17) is 5.26 Å². The Morgan fingerprint density at radius 3 is 2.78 bits per heavy atom. The van der Waals surface area contributed by atoms with Gasteiger partial charge in [-0.3, -0.25) is 10.1 Å². The molecule has 0 aromatic heterocycles. The molecule has 1 saturated carbocycles. The minimum atomic E-state index is -0.466. The summed E-state index contributed by atoms with van der Waals surface area (Å²) in [6, 6.07) is 7.10. The van der Waals surface area contributed by atoms with Gasteiger partial charge in [0.25, 0.3) is 5.69 Å². The number of nitrogens with zero attached hydrogens (tertiary/aromatic N) is 3. The molecular formula is C13H15N3O2. The van der Waals surface area contributed by atoms with Gasteiger partial charge in [0.15, 0.2) is 0 Å². The van der Waals surface area contributed by atoms with Gasteiger partial charge >= 0.3 is 0 Å². The van der Waals surface area contributed by atoms with E-state index in [1.54, 1.807) is 6.07 Å². The Morgan fingerprint density at radius 2 is 2.28 bits per heavy atom. The van der Waals surface area contributed by atoms with Crippen molar-refractivity contribution in [3.05, 3.63) is 33.9 Å². The Bertz CT molecular complexity index is 503. The van der Waals surface area contributed by atoms with E-state index in [1.807, 2.05) is 0 Å². The average molecular weight is 245 g/mol. The molecule has 0 spiro atoms. The average Bonchev–Trinajstić information content (AvgIpc) is 3.19. The molecule has 0 radical (unpaired) electrons. The number of nitro benzene ring substituents is 1. The van der Waals surface area contributed by atoms with Crippen LogP contribution < -0.4 is 4.90 Å². The van der Waals surface area contributed by atoms with E-state index < -0.39 is 4.92 Å². The molecule has 1 aromatic carbocycles. The van der Waals surface area contributed by atoms with Crippen LogP contribution in [0.2, 0.25) is 0 Å². The quantitative estimate of drug-likeness (QED) is 0.590. The van der Waals surface area contributed by atoms with Gasteiger partial charge in [0.05, 0.1) is 16.2 Å². The molecule has 0 N–H and O–H groups in total. The van der Waals surface area contributed by atoms with E-state index in [2.05, 4.69) is 17.9 Å². The van der Waals surface area contributed by atoms with Crippen molar-refractivity contribution < 1.29 is 4.92 Å². The summed E-state index contributed by atoms with van der Waals surface area (Å²) < 4.78 is 0. The van der Waals surface area contributed by atoms with E-state index in [-0.39, 0.29) is 5.69 Å². The minimum Gasteiger partial charge on any atom is -0.367 e. The summed E-state index contributed by atoms with van der Waals surface area (Å²) in [5, 5.41) is 19.8. The normalized spacial score (nSPS) is 14.0. The van der Waals surface area contributed by atoms with Gasteiger partial charge < -0.3 is 4.90 Å². The first-order valence-electron chi connectivity index (χ1n) is 6.12. The highest BCUT2D eigenvalue weighted by Gasteiger charge is 2.30. The molecule has 0 aliphatic heterocycles. The van der Waals surface area contributed by atoms with Crippen molar-refractivity contribution in [3.8, 4) is 6.07 Å². The number of hydrogen-bond acceptors (Lipinski definition) is 4. The summed E-state index contributed by atoms with van der Waals surface area (Å²) in [6.45, 7) is 2.98. The highest BCUT2D eigenvalue weighted by Crippen LogP contribution is 2.34. The molecule has 0 bridgehead atoms. The molecule has 1 fully saturated rings. The lowest BCUT2D eigenvalue weighted by Crippen LogP contribution is -2.27. The molecule has 0 amide bonds. The van der Waals surface area contributed by atoms with Crippen molar-refractivity contribution in [2.75, 3.05) is 11.4 Å². The van der Waals surface area contributed by atoms with Crippen LogP contribution in [0.4, 0.5) is 11.4 Å². The zero-order valence-corrected chi connectivity index (χ0v) is 10.3. The molecule has 0 unspecified atom stereocenters. The predicted octanol–water partition coefficient (Wildman–Crippen LogP) is 2.85. The lowest BCUT2D eigenvalue weighted by Gasteiger charge is -2.24. The Balaban J connectivity index is 2.37. The van der Waals surface area contributed by atoms with E-state index in [9.17, 15) is 10.1 Å². The van der Waals surface area contributed by atoms with Crippen molar-refractivity contribution >= 4 is 11.4 Å². The highest BCUT2D eigenvalue weighted by atomic mass is 16.6. The molecule has 94 valence electrons. The molecule has 18 heavy (non-hydrogen) atoms. The first-order valence-corrected chi connectivity index (χ1v) is 6.12. The van der Waals surface area contributed by atoms with Crippen molar-refractivity contribution in [2.24, 2.45) is 0 Å². The number of hydrogen-bond donors (Lipinski definition) is 0. The van der Waals surface area contributed by atoms with Crippen molar-refractivity contribution in [3.63, 3.8) is 0 Å². The molecule has 1 aliphatic carbocycles. The first kappa shape index (κ1) is 12.4. The Kier molecular flexibility index (Phi) is 3.47. The van der Waals surface area contributed by atoms with Gasteiger partial charge in [-0.25, -0.2) is 0 Å². The third-order valence-corrected chi connectivity index (χ3v) is 3.07. The molecule has 0 atom stereocenters. The third kappa shape index (κ3) is 2.43. The van der Waals surface area contributed by atoms with Gasteiger partial charge in [-0.2, -0.15) is 5.26 Å². The predicted molar refractivity (Wildman–Crippen MR) is 68.5 cm³/mol. The van der Waals surface area contributed by atoms with Gasteiger partial charge in [0.2, 0.25) is 0 Å². The summed E-state index contributed by atoms with van der Waals surface area (Å²) in [5.41, 5.74) is 1.19. The monoisotopic (exact) mass is 245 g/mol. The maximum absolute atomic E-state index is 10.7. The number of non-ortho nitro benzene ring substituents is 1. The second-order valence-corrected chi connectivity index (χ2v) is 4.49. The Hall–Kier alpha value is -2.09. The lowest BCUT2D eigenvalue weighted by atomic mass is 10.1. The fourth-order valence-corrected chi connectivity index (χ4v) is 2.10. The molecule has 5 heteroatoms. The summed E-state index contributed by atoms with van der Waals surface area (Å²) in [7, 11) is 0. The van der Waals surface area contributed by atoms with E-state index in [0.717, 1.165) is 31.5 Å². The van der Waals surface area contributed by atoms with Gasteiger partial charge in [-0.15, -0.1) is 0 Å². The number of nitro groups is 1. The van der Waals surface area contributed by atoms with Crippen LogP contribution in [0.25, 0.3) is 0 Å². The number of rotatable bonds is 5. The number of benzene rings is 1.